The fraction of sp³-hybridized carbons (Fsp3) is 0. The van der Waals surface area contributed by atoms with Crippen molar-refractivity contribution in [3.8, 4) is 0 Å². The van der Waals surface area contributed by atoms with Crippen molar-refractivity contribution < 1.29 is 44.5 Å². The van der Waals surface area contributed by atoms with Crippen LogP contribution < -0.4 is 0 Å². The minimum absolute atomic E-state index is 2.17. The Balaban J connectivity index is 0. The molecule has 0 radical (unpaired) electrons. The van der Waals surface area contributed by atoms with Crippen molar-refractivity contribution in [2.75, 3.05) is 0 Å². The summed E-state index contributed by atoms with van der Waals surface area (Å²) < 4.78 is 31.8. The predicted octanol–water partition coefficient (Wildman–Crippen LogP) is -3.41. The van der Waals surface area contributed by atoms with Gasteiger partial charge in [-0.1, -0.05) is 0 Å². The van der Waals surface area contributed by atoms with Crippen LogP contribution in [0, 0.1) is 0 Å². The molecule has 9 heavy (non-hydrogen) atoms. The van der Waals surface area contributed by atoms with Crippen molar-refractivity contribution >= 4 is 7.32 Å². The molecule has 0 heterocycles. The first-order valence-electron chi connectivity index (χ1n) is 1.42. The zero-order valence-electron chi connectivity index (χ0n) is 4.01. The van der Waals surface area contributed by atoms with Gasteiger partial charge in [-0.15, -0.1) is 0 Å². The van der Waals surface area contributed by atoms with E-state index in [0.717, 1.165) is 0 Å². The molecule has 0 rings (SSSR count). The minimum atomic E-state index is -5.12. The van der Waals surface area contributed by atoms with Gasteiger partial charge in [-0.2, -0.15) is 0 Å². The quantitative estimate of drug-likeness (QED) is 0.247. The molecule has 0 saturated heterocycles. The summed E-state index contributed by atoms with van der Waals surface area (Å²) in [5.74, 6) is 0. The van der Waals surface area contributed by atoms with Gasteiger partial charge in [-0.25, -0.2) is 0 Å². The Bertz CT molecular complexity index is 120. The second-order valence-electron chi connectivity index (χ2n) is 0.761. The molecule has 0 spiro atoms. The molecule has 0 aliphatic carbocycles. The Kier molecular flexibility index (Phi) is 6.30. The van der Waals surface area contributed by atoms with Gasteiger partial charge < -0.3 is 15.1 Å². The summed E-state index contributed by atoms with van der Waals surface area (Å²) in [5, 5.41) is 21.5. The number of hydrogen-bond donors (Lipinski definition) is 5. The van der Waals surface area contributed by atoms with Gasteiger partial charge in [0.1, 0.15) is 0 Å². The third kappa shape index (κ3) is 1180000. The van der Waals surface area contributed by atoms with Gasteiger partial charge in [-0.05, 0) is 0 Å². The first kappa shape index (κ1) is 11.7. The van der Waals surface area contributed by atoms with Gasteiger partial charge in [0.05, 0.1) is 0 Å². The van der Waals surface area contributed by atoms with E-state index in [4.69, 9.17) is 31.1 Å². The van der Waals surface area contributed by atoms with Gasteiger partial charge in [-0.3, -0.25) is 0 Å². The summed E-state index contributed by atoms with van der Waals surface area (Å²) in [6, 6.07) is 0. The summed E-state index contributed by atoms with van der Waals surface area (Å²) in [5.41, 5.74) is 0. The van der Waals surface area contributed by atoms with Crippen molar-refractivity contribution in [3.05, 3.63) is 0 Å². The van der Waals surface area contributed by atoms with Crippen LogP contribution in [0.5, 0.6) is 0 Å². The van der Waals surface area contributed by atoms with Crippen LogP contribution in [0.1, 0.15) is 0 Å². The predicted molar refractivity (Wildman–Crippen MR) is 18.2 cm³/mol. The van der Waals surface area contributed by atoms with E-state index >= 15 is 0 Å². The molecule has 0 unspecified atom stereocenters. The molecule has 57 valence electrons. The molecular formula is H5BMnO7. The molecule has 5 N–H and O–H groups in total. The van der Waals surface area contributed by atoms with Crippen LogP contribution in [0.2, 0.25) is 0 Å². The van der Waals surface area contributed by atoms with Crippen molar-refractivity contribution in [1.29, 1.82) is 0 Å². The van der Waals surface area contributed by atoms with Crippen LogP contribution in [0.3, 0.4) is 0 Å². The maximum absolute atomic E-state index is 8.80. The summed E-state index contributed by atoms with van der Waals surface area (Å²) in [6.07, 6.45) is 0. The first-order valence-corrected chi connectivity index (χ1v) is 3.44. The number of hydrogen-bond acceptors (Lipinski definition) is 5. The van der Waals surface area contributed by atoms with Gasteiger partial charge in [0, 0.05) is 0 Å². The molecule has 0 atom stereocenters. The normalized spacial score (nSPS) is 9.44. The molecule has 0 bridgehead atoms. The van der Waals surface area contributed by atoms with Gasteiger partial charge >= 0.3 is 36.7 Å². The molecule has 0 saturated carbocycles. The molecule has 0 aliphatic rings. The Morgan fingerprint density at radius 3 is 1.00 bits per heavy atom. The molecule has 0 aromatic carbocycles. The SMILES string of the molecule is OB(O)O.[O]=[Mn](=[O])([OH])[OH]. The van der Waals surface area contributed by atoms with Crippen LogP contribution >= 0.6 is 0 Å². The Labute approximate surface area is 52.6 Å². The molecule has 7 nitrogen and oxygen atoms in total. The van der Waals surface area contributed by atoms with Gasteiger partial charge in [0.25, 0.3) is 0 Å². The van der Waals surface area contributed by atoms with Crippen LogP contribution in [0.15, 0.2) is 0 Å². The van der Waals surface area contributed by atoms with Crippen LogP contribution in [0.4, 0.5) is 0 Å². The molecule has 0 amide bonds. The standard InChI is InChI=1S/BH3O3.Mn.2H2O.2O/c2-1(3)4;;;;;/h2-4H;;2*1H2;;/q;+2;;;;/p-2. The molecule has 0 fully saturated rings. The molecule has 9 heteroatoms. The van der Waals surface area contributed by atoms with E-state index in [2.05, 4.69) is 0 Å². The zero-order valence-corrected chi connectivity index (χ0v) is 5.19. The molecule has 0 aromatic rings. The Hall–Kier alpha value is -0.0156. The monoisotopic (exact) mass is 183 g/mol. The van der Waals surface area contributed by atoms with Gasteiger partial charge in [0.15, 0.2) is 0 Å². The van der Waals surface area contributed by atoms with Crippen LogP contribution in [0.25, 0.3) is 0 Å². The second kappa shape index (κ2) is 4.83. The van der Waals surface area contributed by atoms with Crippen molar-refractivity contribution in [1.82, 2.24) is 0 Å². The van der Waals surface area contributed by atoms with Crippen molar-refractivity contribution in [2.45, 2.75) is 0 Å². The second-order valence-corrected chi connectivity index (χ2v) is 2.06. The Morgan fingerprint density at radius 2 is 1.00 bits per heavy atom. The summed E-state index contributed by atoms with van der Waals surface area (Å²) >= 11 is -5.12. The topological polar surface area (TPSA) is 135 Å². The third-order valence-corrected chi connectivity index (χ3v) is 0. The Morgan fingerprint density at radius 1 is 1.00 bits per heavy atom. The summed E-state index contributed by atoms with van der Waals surface area (Å²) in [6.45, 7) is 0. The van der Waals surface area contributed by atoms with E-state index in [0.29, 0.717) is 0 Å². The van der Waals surface area contributed by atoms with Crippen molar-refractivity contribution in [2.24, 2.45) is 0 Å². The molecular weight excluding hydrogens is 178 g/mol. The van der Waals surface area contributed by atoms with E-state index in [1.807, 2.05) is 0 Å². The van der Waals surface area contributed by atoms with E-state index in [1.54, 1.807) is 0 Å². The first-order chi connectivity index (χ1) is 3.73. The van der Waals surface area contributed by atoms with Gasteiger partial charge in [0.2, 0.25) is 0 Å². The maximum atomic E-state index is 8.80. The summed E-state index contributed by atoms with van der Waals surface area (Å²) in [7, 11) is -2.17. The van der Waals surface area contributed by atoms with E-state index in [-0.39, 0.29) is 0 Å². The van der Waals surface area contributed by atoms with E-state index < -0.39 is 20.7 Å². The number of rotatable bonds is 0. The molecule has 0 aliphatic heterocycles. The zero-order chi connectivity index (χ0) is 8.08. The van der Waals surface area contributed by atoms with Crippen LogP contribution in [-0.4, -0.2) is 30.8 Å². The van der Waals surface area contributed by atoms with Crippen molar-refractivity contribution in [3.63, 3.8) is 0 Å². The van der Waals surface area contributed by atoms with E-state index in [1.165, 1.54) is 0 Å². The third-order valence-electron chi connectivity index (χ3n) is 0. The van der Waals surface area contributed by atoms with Crippen LogP contribution in [-0.2, 0) is 21.0 Å². The fourth-order valence-electron chi connectivity index (χ4n) is 0. The molecule has 0 aromatic heterocycles. The average Bonchev–Trinajstić information content (AvgIpc) is 1.19. The average molecular weight is 183 g/mol. The fourth-order valence-corrected chi connectivity index (χ4v) is 0. The van der Waals surface area contributed by atoms with E-state index in [9.17, 15) is 0 Å². The summed E-state index contributed by atoms with van der Waals surface area (Å²) in [4.78, 5) is 0.